The number of amides is 1. The second-order valence-corrected chi connectivity index (χ2v) is 9.62. The zero-order valence-corrected chi connectivity index (χ0v) is 18.5. The van der Waals surface area contributed by atoms with Gasteiger partial charge in [0, 0.05) is 31.6 Å². The van der Waals surface area contributed by atoms with Crippen molar-refractivity contribution in [2.75, 3.05) is 26.7 Å². The van der Waals surface area contributed by atoms with E-state index in [2.05, 4.69) is 46.6 Å². The van der Waals surface area contributed by atoms with Crippen LogP contribution in [0.2, 0.25) is 0 Å². The van der Waals surface area contributed by atoms with Crippen molar-refractivity contribution < 1.29 is 9.53 Å². The lowest BCUT2D eigenvalue weighted by Gasteiger charge is -2.36. The second kappa shape index (κ2) is 9.04. The molecule has 1 aliphatic heterocycles. The van der Waals surface area contributed by atoms with Crippen molar-refractivity contribution in [3.05, 3.63) is 65.7 Å². The molecule has 2 saturated carbocycles. The lowest BCUT2D eigenvalue weighted by atomic mass is 9.81. The molecular formula is C27H34N2O2. The van der Waals surface area contributed by atoms with Crippen LogP contribution in [0.4, 0.5) is 0 Å². The highest BCUT2D eigenvalue weighted by atomic mass is 16.5. The first-order valence-electron chi connectivity index (χ1n) is 11.9. The van der Waals surface area contributed by atoms with E-state index >= 15 is 0 Å². The third-order valence-electron chi connectivity index (χ3n) is 7.86. The Kier molecular flexibility index (Phi) is 5.99. The summed E-state index contributed by atoms with van der Waals surface area (Å²) in [6, 6.07) is 19.8. The summed E-state index contributed by atoms with van der Waals surface area (Å²) in [5.74, 6) is 3.30. The molecule has 4 heteroatoms. The van der Waals surface area contributed by atoms with Crippen molar-refractivity contribution in [3.63, 3.8) is 0 Å². The molecule has 1 heterocycles. The number of nitrogens with one attached hydrogen (secondary N) is 1. The van der Waals surface area contributed by atoms with Crippen molar-refractivity contribution in [2.45, 2.75) is 44.1 Å². The maximum absolute atomic E-state index is 12.7. The van der Waals surface area contributed by atoms with Gasteiger partial charge in [-0.25, -0.2) is 0 Å². The van der Waals surface area contributed by atoms with Crippen molar-refractivity contribution in [3.8, 4) is 5.75 Å². The van der Waals surface area contributed by atoms with E-state index in [4.69, 9.17) is 4.74 Å². The molecule has 5 rings (SSSR count). The van der Waals surface area contributed by atoms with E-state index in [1.807, 2.05) is 18.2 Å². The van der Waals surface area contributed by atoms with Crippen LogP contribution >= 0.6 is 0 Å². The van der Waals surface area contributed by atoms with Crippen LogP contribution in [-0.2, 0) is 11.2 Å². The molecule has 31 heavy (non-hydrogen) atoms. The van der Waals surface area contributed by atoms with Gasteiger partial charge in [0.05, 0.1) is 7.11 Å². The highest BCUT2D eigenvalue weighted by Crippen LogP contribution is 2.53. The number of hydrogen-bond donors (Lipinski definition) is 1. The number of piperidine rings is 1. The van der Waals surface area contributed by atoms with Crippen molar-refractivity contribution >= 4 is 5.91 Å². The fraction of sp³-hybridized carbons (Fsp3) is 0.519. The number of methoxy groups -OCH3 is 1. The number of fused-ring (bicyclic) bond motifs is 1. The van der Waals surface area contributed by atoms with Crippen LogP contribution < -0.4 is 10.1 Å². The van der Waals surface area contributed by atoms with Gasteiger partial charge in [-0.2, -0.15) is 0 Å². The summed E-state index contributed by atoms with van der Waals surface area (Å²) >= 11 is 0. The number of likely N-dealkylation sites (tertiary alicyclic amines) is 1. The maximum Gasteiger partial charge on any atom is 0.223 e. The fourth-order valence-corrected chi connectivity index (χ4v) is 6.02. The van der Waals surface area contributed by atoms with Crippen molar-refractivity contribution in [2.24, 2.45) is 17.8 Å². The summed E-state index contributed by atoms with van der Waals surface area (Å²) < 4.78 is 5.28. The Morgan fingerprint density at radius 2 is 1.74 bits per heavy atom. The smallest absolute Gasteiger partial charge is 0.223 e. The summed E-state index contributed by atoms with van der Waals surface area (Å²) in [5.41, 5.74) is 2.71. The Labute approximate surface area is 186 Å². The van der Waals surface area contributed by atoms with E-state index in [0.29, 0.717) is 18.4 Å². The minimum atomic E-state index is 0.252. The molecule has 2 aliphatic carbocycles. The third kappa shape index (κ3) is 4.50. The Hall–Kier alpha value is -2.33. The Morgan fingerprint density at radius 3 is 2.45 bits per heavy atom. The van der Waals surface area contributed by atoms with Gasteiger partial charge in [-0.15, -0.1) is 0 Å². The van der Waals surface area contributed by atoms with Crippen LogP contribution in [0, 0.1) is 17.8 Å². The van der Waals surface area contributed by atoms with Crippen LogP contribution in [0.1, 0.15) is 42.7 Å². The van der Waals surface area contributed by atoms with Gasteiger partial charge in [-0.05, 0) is 73.1 Å². The summed E-state index contributed by atoms with van der Waals surface area (Å²) in [7, 11) is 1.69. The molecule has 0 bridgehead atoms. The summed E-state index contributed by atoms with van der Waals surface area (Å²) in [4.78, 5) is 15.4. The van der Waals surface area contributed by atoms with E-state index in [1.54, 1.807) is 7.11 Å². The highest BCUT2D eigenvalue weighted by molar-refractivity contribution is 5.82. The molecule has 3 fully saturated rings. The average molecular weight is 419 g/mol. The first-order chi connectivity index (χ1) is 15.2. The largest absolute Gasteiger partial charge is 0.497 e. The molecule has 1 saturated heterocycles. The van der Waals surface area contributed by atoms with Crippen LogP contribution in [0.25, 0.3) is 0 Å². The van der Waals surface area contributed by atoms with E-state index in [-0.39, 0.29) is 11.8 Å². The molecule has 164 valence electrons. The molecule has 1 amide bonds. The molecule has 0 aromatic heterocycles. The Morgan fingerprint density at radius 1 is 1.00 bits per heavy atom. The number of rotatable bonds is 7. The van der Waals surface area contributed by atoms with E-state index < -0.39 is 0 Å². The monoisotopic (exact) mass is 418 g/mol. The van der Waals surface area contributed by atoms with Crippen molar-refractivity contribution in [1.82, 2.24) is 10.2 Å². The van der Waals surface area contributed by atoms with Gasteiger partial charge >= 0.3 is 0 Å². The molecule has 4 nitrogen and oxygen atoms in total. The lowest BCUT2D eigenvalue weighted by molar-refractivity contribution is -0.123. The average Bonchev–Trinajstić information content (AvgIpc) is 3.33. The molecule has 1 unspecified atom stereocenters. The number of carbonyl (C=O) groups excluding carboxylic acids is 1. The zero-order chi connectivity index (χ0) is 21.2. The van der Waals surface area contributed by atoms with Crippen LogP contribution in [-0.4, -0.2) is 43.6 Å². The zero-order valence-electron chi connectivity index (χ0n) is 18.5. The molecule has 1 N–H and O–H groups in total. The van der Waals surface area contributed by atoms with Gasteiger partial charge in [0.15, 0.2) is 0 Å². The van der Waals surface area contributed by atoms with Crippen LogP contribution in [0.3, 0.4) is 0 Å². The molecule has 2 aromatic carbocycles. The van der Waals surface area contributed by atoms with Crippen molar-refractivity contribution in [1.29, 1.82) is 0 Å². The lowest BCUT2D eigenvalue weighted by Crippen LogP contribution is -2.39. The summed E-state index contributed by atoms with van der Waals surface area (Å²) in [6.07, 6.45) is 6.05. The van der Waals surface area contributed by atoms with E-state index in [1.165, 1.54) is 36.8 Å². The fourth-order valence-electron chi connectivity index (χ4n) is 6.02. The van der Waals surface area contributed by atoms with E-state index in [9.17, 15) is 4.79 Å². The maximum atomic E-state index is 12.7. The molecular weight excluding hydrogens is 384 g/mol. The molecule has 3 atom stereocenters. The first kappa shape index (κ1) is 20.6. The third-order valence-corrected chi connectivity index (χ3v) is 7.86. The SMILES string of the molecule is COc1cccc(CCNC(=O)C2[C@H]3CN(C4CCC(c5ccccc5)CC4)C[C@@H]23)c1. The second-order valence-electron chi connectivity index (χ2n) is 9.62. The Balaban J connectivity index is 1.03. The predicted octanol–water partition coefficient (Wildman–Crippen LogP) is 4.26. The van der Waals surface area contributed by atoms with Gasteiger partial charge in [-0.3, -0.25) is 9.69 Å². The summed E-state index contributed by atoms with van der Waals surface area (Å²) in [5, 5.41) is 3.18. The standard InChI is InChI=1S/C27H34N2O2/c1-31-23-9-5-6-19(16-23)14-15-28-27(30)26-24-17-29(18-25(24)26)22-12-10-21(11-13-22)20-7-3-2-4-8-20/h2-9,16,21-22,24-26H,10-15,17-18H2,1H3,(H,28,30)/t21?,22?,24-,25+,26?. The predicted molar refractivity (Wildman–Crippen MR) is 123 cm³/mol. The molecule has 3 aliphatic rings. The normalized spacial score (nSPS) is 29.9. The molecule has 0 radical (unpaired) electrons. The van der Waals surface area contributed by atoms with Gasteiger partial charge in [0.25, 0.3) is 0 Å². The van der Waals surface area contributed by atoms with Gasteiger partial charge in [0.2, 0.25) is 5.91 Å². The van der Waals surface area contributed by atoms with Gasteiger partial charge in [-0.1, -0.05) is 42.5 Å². The first-order valence-corrected chi connectivity index (χ1v) is 11.9. The number of ether oxygens (including phenoxy) is 1. The highest BCUT2D eigenvalue weighted by Gasteiger charge is 2.59. The Bertz CT molecular complexity index is 879. The topological polar surface area (TPSA) is 41.6 Å². The minimum absolute atomic E-state index is 0.252. The van der Waals surface area contributed by atoms with Crippen LogP contribution in [0.15, 0.2) is 54.6 Å². The van der Waals surface area contributed by atoms with Gasteiger partial charge < -0.3 is 10.1 Å². The number of hydrogen-bond acceptors (Lipinski definition) is 3. The molecule has 2 aromatic rings. The molecule has 0 spiro atoms. The van der Waals surface area contributed by atoms with Gasteiger partial charge in [0.1, 0.15) is 5.75 Å². The van der Waals surface area contributed by atoms with Crippen LogP contribution in [0.5, 0.6) is 5.75 Å². The number of nitrogens with zero attached hydrogens (tertiary/aromatic N) is 1. The number of benzene rings is 2. The summed E-state index contributed by atoms with van der Waals surface area (Å²) in [6.45, 7) is 2.95. The minimum Gasteiger partial charge on any atom is -0.497 e. The van der Waals surface area contributed by atoms with E-state index in [0.717, 1.165) is 37.2 Å². The number of carbonyl (C=O) groups is 1. The quantitative estimate of drug-likeness (QED) is 0.731.